The smallest absolute Gasteiger partial charge is 0.241 e. The van der Waals surface area contributed by atoms with Crippen LogP contribution in [0.2, 0.25) is 0 Å². The minimum absolute atomic E-state index is 0.0976. The molecule has 0 atom stereocenters. The zero-order chi connectivity index (χ0) is 23.6. The van der Waals surface area contributed by atoms with Crippen molar-refractivity contribution in [1.82, 2.24) is 10.2 Å². The lowest BCUT2D eigenvalue weighted by atomic mass is 10.0. The molecule has 176 valence electrons. The van der Waals surface area contributed by atoms with E-state index in [1.165, 1.54) is 5.56 Å². The summed E-state index contributed by atoms with van der Waals surface area (Å²) in [5.41, 5.74) is 3.21. The van der Waals surface area contributed by atoms with Gasteiger partial charge in [0.25, 0.3) is 0 Å². The molecular weight excluding hydrogens is 422 g/mol. The molecule has 1 N–H and O–H groups in total. The number of carbonyl (C=O) groups is 2. The predicted octanol–water partition coefficient (Wildman–Crippen LogP) is 4.43. The third kappa shape index (κ3) is 7.03. The zero-order valence-corrected chi connectivity index (χ0v) is 19.6. The summed E-state index contributed by atoms with van der Waals surface area (Å²) in [4.78, 5) is 29.8. The Morgan fingerprint density at radius 2 is 1.35 bits per heavy atom. The van der Waals surface area contributed by atoms with Gasteiger partial charge in [-0.1, -0.05) is 78.9 Å². The zero-order valence-electron chi connectivity index (χ0n) is 19.6. The summed E-state index contributed by atoms with van der Waals surface area (Å²) in [5, 5.41) is 3.18. The van der Waals surface area contributed by atoms with E-state index in [9.17, 15) is 9.59 Å². The Morgan fingerprint density at radius 3 is 1.97 bits per heavy atom. The summed E-state index contributed by atoms with van der Waals surface area (Å²) >= 11 is 0. The van der Waals surface area contributed by atoms with Gasteiger partial charge in [-0.25, -0.2) is 0 Å². The Bertz CT molecular complexity index is 1030. The topological polar surface area (TPSA) is 52.7 Å². The number of nitrogens with one attached hydrogen (secondary N) is 1. The molecule has 1 aliphatic rings. The second kappa shape index (κ2) is 12.1. The number of likely N-dealkylation sites (tertiary alicyclic amines) is 1. The van der Waals surface area contributed by atoms with E-state index in [1.807, 2.05) is 71.6 Å². The van der Waals surface area contributed by atoms with E-state index in [0.29, 0.717) is 19.5 Å². The van der Waals surface area contributed by atoms with Crippen LogP contribution in [0.1, 0.15) is 30.4 Å². The number of aryl methyl sites for hydroxylation is 1. The second-order valence-electron chi connectivity index (χ2n) is 8.90. The van der Waals surface area contributed by atoms with E-state index in [-0.39, 0.29) is 17.9 Å². The Morgan fingerprint density at radius 1 is 0.794 bits per heavy atom. The van der Waals surface area contributed by atoms with Crippen molar-refractivity contribution in [1.29, 1.82) is 0 Å². The lowest BCUT2D eigenvalue weighted by Gasteiger charge is -2.33. The molecule has 1 saturated heterocycles. The molecule has 2 amide bonds. The first-order chi connectivity index (χ1) is 16.7. The van der Waals surface area contributed by atoms with Gasteiger partial charge in [-0.15, -0.1) is 0 Å². The Hall–Kier alpha value is -3.44. The van der Waals surface area contributed by atoms with E-state index in [2.05, 4.69) is 34.5 Å². The van der Waals surface area contributed by atoms with Gasteiger partial charge in [0.15, 0.2) is 0 Å². The second-order valence-corrected chi connectivity index (χ2v) is 8.90. The average Bonchev–Trinajstić information content (AvgIpc) is 2.89. The SMILES string of the molecule is O=C(CCc1ccccc1)NC1CCN(CC(=O)N(Cc2ccccc2)c2ccccc2)CC1. The molecule has 4 rings (SSSR count). The average molecular weight is 456 g/mol. The molecule has 0 aromatic heterocycles. The molecule has 1 aliphatic heterocycles. The van der Waals surface area contributed by atoms with Gasteiger partial charge in [0, 0.05) is 31.2 Å². The highest BCUT2D eigenvalue weighted by molar-refractivity contribution is 5.94. The summed E-state index contributed by atoms with van der Waals surface area (Å²) < 4.78 is 0. The molecule has 0 radical (unpaired) electrons. The van der Waals surface area contributed by atoms with E-state index in [0.717, 1.165) is 43.6 Å². The van der Waals surface area contributed by atoms with Crippen LogP contribution in [0.15, 0.2) is 91.0 Å². The van der Waals surface area contributed by atoms with Crippen LogP contribution < -0.4 is 10.2 Å². The monoisotopic (exact) mass is 455 g/mol. The molecule has 0 unspecified atom stereocenters. The van der Waals surface area contributed by atoms with Crippen molar-refractivity contribution in [2.24, 2.45) is 0 Å². The third-order valence-corrected chi connectivity index (χ3v) is 6.35. The van der Waals surface area contributed by atoms with Crippen LogP contribution in [0.5, 0.6) is 0 Å². The Labute approximate surface area is 202 Å². The fourth-order valence-electron chi connectivity index (χ4n) is 4.41. The number of anilines is 1. The molecule has 0 spiro atoms. The van der Waals surface area contributed by atoms with Crippen molar-refractivity contribution in [3.05, 3.63) is 102 Å². The standard InChI is InChI=1S/C29H33N3O2/c33-28(17-16-24-10-4-1-5-11-24)30-26-18-20-31(21-19-26)23-29(34)32(27-14-8-3-9-15-27)22-25-12-6-2-7-13-25/h1-15,26H,16-23H2,(H,30,33). The number of carbonyl (C=O) groups excluding carboxylic acids is 2. The van der Waals surface area contributed by atoms with Crippen LogP contribution in [0, 0.1) is 0 Å². The van der Waals surface area contributed by atoms with E-state index in [4.69, 9.17) is 0 Å². The van der Waals surface area contributed by atoms with E-state index in [1.54, 1.807) is 0 Å². The molecule has 34 heavy (non-hydrogen) atoms. The summed E-state index contributed by atoms with van der Waals surface area (Å²) in [6.07, 6.45) is 3.01. The maximum absolute atomic E-state index is 13.3. The predicted molar refractivity (Wildman–Crippen MR) is 136 cm³/mol. The van der Waals surface area contributed by atoms with Gasteiger partial charge in [-0.3, -0.25) is 14.5 Å². The molecular formula is C29H33N3O2. The van der Waals surface area contributed by atoms with Gasteiger partial charge in [-0.05, 0) is 42.5 Å². The normalized spacial score (nSPS) is 14.5. The summed E-state index contributed by atoms with van der Waals surface area (Å²) in [6, 6.07) is 30.2. The third-order valence-electron chi connectivity index (χ3n) is 6.35. The van der Waals surface area contributed by atoms with Crippen LogP contribution >= 0.6 is 0 Å². The van der Waals surface area contributed by atoms with Crippen LogP contribution in [-0.4, -0.2) is 42.4 Å². The number of benzene rings is 3. The fourth-order valence-corrected chi connectivity index (χ4v) is 4.41. The van der Waals surface area contributed by atoms with Gasteiger partial charge < -0.3 is 10.2 Å². The van der Waals surface area contributed by atoms with Gasteiger partial charge in [0.05, 0.1) is 13.1 Å². The van der Waals surface area contributed by atoms with Crippen molar-refractivity contribution in [3.63, 3.8) is 0 Å². The van der Waals surface area contributed by atoms with Crippen molar-refractivity contribution in [2.75, 3.05) is 24.5 Å². The van der Waals surface area contributed by atoms with Gasteiger partial charge in [-0.2, -0.15) is 0 Å². The number of piperidine rings is 1. The number of para-hydroxylation sites is 1. The first-order valence-electron chi connectivity index (χ1n) is 12.1. The van der Waals surface area contributed by atoms with Gasteiger partial charge >= 0.3 is 0 Å². The highest BCUT2D eigenvalue weighted by Crippen LogP contribution is 2.19. The molecule has 5 heteroatoms. The lowest BCUT2D eigenvalue weighted by Crippen LogP contribution is -2.48. The van der Waals surface area contributed by atoms with Crippen molar-refractivity contribution in [3.8, 4) is 0 Å². The summed E-state index contributed by atoms with van der Waals surface area (Å²) in [5.74, 6) is 0.205. The van der Waals surface area contributed by atoms with Crippen molar-refractivity contribution >= 4 is 17.5 Å². The molecule has 5 nitrogen and oxygen atoms in total. The van der Waals surface area contributed by atoms with Crippen LogP contribution in [0.3, 0.4) is 0 Å². The van der Waals surface area contributed by atoms with Crippen LogP contribution in [0.25, 0.3) is 0 Å². The summed E-state index contributed by atoms with van der Waals surface area (Å²) in [6.45, 7) is 2.56. The minimum Gasteiger partial charge on any atom is -0.353 e. The first kappa shape index (κ1) is 23.7. The molecule has 0 saturated carbocycles. The summed E-state index contributed by atoms with van der Waals surface area (Å²) in [7, 11) is 0. The van der Waals surface area contributed by atoms with Crippen molar-refractivity contribution < 1.29 is 9.59 Å². The van der Waals surface area contributed by atoms with E-state index < -0.39 is 0 Å². The highest BCUT2D eigenvalue weighted by atomic mass is 16.2. The first-order valence-corrected chi connectivity index (χ1v) is 12.1. The van der Waals surface area contributed by atoms with Gasteiger partial charge in [0.1, 0.15) is 0 Å². The molecule has 0 aliphatic carbocycles. The quantitative estimate of drug-likeness (QED) is 0.519. The van der Waals surface area contributed by atoms with Crippen molar-refractivity contribution in [2.45, 2.75) is 38.3 Å². The maximum Gasteiger partial charge on any atom is 0.241 e. The van der Waals surface area contributed by atoms with E-state index >= 15 is 0 Å². The highest BCUT2D eigenvalue weighted by Gasteiger charge is 2.24. The fraction of sp³-hybridized carbons (Fsp3) is 0.310. The number of hydrogen-bond donors (Lipinski definition) is 1. The van der Waals surface area contributed by atoms with Gasteiger partial charge in [0.2, 0.25) is 11.8 Å². The minimum atomic E-state index is 0.0976. The molecule has 3 aromatic rings. The molecule has 1 heterocycles. The number of amides is 2. The molecule has 1 fully saturated rings. The van der Waals surface area contributed by atoms with Crippen LogP contribution in [0.4, 0.5) is 5.69 Å². The number of nitrogens with zero attached hydrogens (tertiary/aromatic N) is 2. The Kier molecular flexibility index (Phi) is 8.47. The molecule has 0 bridgehead atoms. The number of rotatable bonds is 9. The largest absolute Gasteiger partial charge is 0.353 e. The Balaban J connectivity index is 1.26. The molecule has 3 aromatic carbocycles. The van der Waals surface area contributed by atoms with Crippen LogP contribution in [-0.2, 0) is 22.6 Å². The number of hydrogen-bond acceptors (Lipinski definition) is 3. The lowest BCUT2D eigenvalue weighted by molar-refractivity contribution is -0.123. The maximum atomic E-state index is 13.3.